The molecule has 7 heteroatoms. The highest BCUT2D eigenvalue weighted by Crippen LogP contribution is 2.17. The van der Waals surface area contributed by atoms with Gasteiger partial charge >= 0.3 is 0 Å². The number of aromatic amines is 1. The maximum Gasteiger partial charge on any atom is 0.194 e. The summed E-state index contributed by atoms with van der Waals surface area (Å²) in [4.78, 5) is 14.4. The van der Waals surface area contributed by atoms with Gasteiger partial charge in [0.15, 0.2) is 5.96 Å². The Morgan fingerprint density at radius 3 is 2.58 bits per heavy atom. The monoisotopic (exact) mass is 447 g/mol. The number of guanidine groups is 1. The molecule has 7 nitrogen and oxygen atoms in total. The molecule has 0 saturated carbocycles. The SMILES string of the molecule is CN=C(NCc1ccc(COC2CCOCC2)cc1)N(C)Cc1ncc(-c2ccccc2)[nH]1. The minimum Gasteiger partial charge on any atom is -0.381 e. The highest BCUT2D eigenvalue weighted by atomic mass is 16.5. The van der Waals surface area contributed by atoms with Gasteiger partial charge in [-0.2, -0.15) is 0 Å². The van der Waals surface area contributed by atoms with Gasteiger partial charge in [-0.15, -0.1) is 0 Å². The van der Waals surface area contributed by atoms with Crippen LogP contribution >= 0.6 is 0 Å². The van der Waals surface area contributed by atoms with Gasteiger partial charge in [0.1, 0.15) is 5.82 Å². The van der Waals surface area contributed by atoms with Gasteiger partial charge in [-0.05, 0) is 29.5 Å². The minimum atomic E-state index is 0.317. The molecule has 0 unspecified atom stereocenters. The Hall–Kier alpha value is -3.16. The van der Waals surface area contributed by atoms with Crippen LogP contribution in [0.15, 0.2) is 65.8 Å². The first-order chi connectivity index (χ1) is 16.2. The van der Waals surface area contributed by atoms with Crippen LogP contribution in [0, 0.1) is 0 Å². The van der Waals surface area contributed by atoms with E-state index in [1.54, 1.807) is 7.05 Å². The Morgan fingerprint density at radius 2 is 1.85 bits per heavy atom. The van der Waals surface area contributed by atoms with Crippen molar-refractivity contribution in [1.29, 1.82) is 0 Å². The van der Waals surface area contributed by atoms with Crippen LogP contribution in [0.5, 0.6) is 0 Å². The summed E-state index contributed by atoms with van der Waals surface area (Å²) < 4.78 is 11.4. The first-order valence-corrected chi connectivity index (χ1v) is 11.5. The molecule has 2 heterocycles. The molecule has 1 aromatic heterocycles. The molecule has 0 amide bonds. The Balaban J connectivity index is 1.25. The standard InChI is InChI=1S/C26H33N5O2/c1-27-26(31(2)18-25-28-17-24(30-25)22-6-4-3-5-7-22)29-16-20-8-10-21(11-9-20)19-33-23-12-14-32-15-13-23/h3-11,17,23H,12-16,18-19H2,1-2H3,(H,27,29)(H,28,30). The number of rotatable bonds is 8. The lowest BCUT2D eigenvalue weighted by atomic mass is 10.1. The third-order valence-electron chi connectivity index (χ3n) is 5.80. The zero-order valence-corrected chi connectivity index (χ0v) is 19.5. The number of hydrogen-bond acceptors (Lipinski definition) is 4. The normalized spacial score (nSPS) is 14.9. The van der Waals surface area contributed by atoms with Crippen molar-refractivity contribution in [2.24, 2.45) is 4.99 Å². The van der Waals surface area contributed by atoms with Gasteiger partial charge < -0.3 is 24.7 Å². The molecule has 174 valence electrons. The summed E-state index contributed by atoms with van der Waals surface area (Å²) in [5.41, 5.74) is 4.54. The van der Waals surface area contributed by atoms with Crippen LogP contribution < -0.4 is 5.32 Å². The van der Waals surface area contributed by atoms with Crippen LogP contribution in [0.25, 0.3) is 11.3 Å². The molecule has 1 saturated heterocycles. The van der Waals surface area contributed by atoms with E-state index in [1.807, 2.05) is 31.4 Å². The lowest BCUT2D eigenvalue weighted by Gasteiger charge is -2.22. The van der Waals surface area contributed by atoms with Crippen molar-refractivity contribution in [3.63, 3.8) is 0 Å². The second-order valence-electron chi connectivity index (χ2n) is 8.31. The lowest BCUT2D eigenvalue weighted by molar-refractivity contribution is -0.0390. The van der Waals surface area contributed by atoms with Gasteiger partial charge in [-0.3, -0.25) is 4.99 Å². The van der Waals surface area contributed by atoms with Crippen molar-refractivity contribution < 1.29 is 9.47 Å². The van der Waals surface area contributed by atoms with Crippen molar-refractivity contribution in [1.82, 2.24) is 20.2 Å². The van der Waals surface area contributed by atoms with Crippen LogP contribution in [0.4, 0.5) is 0 Å². The molecule has 4 rings (SSSR count). The predicted octanol–water partition coefficient (Wildman–Crippen LogP) is 3.98. The van der Waals surface area contributed by atoms with Crippen molar-refractivity contribution in [3.05, 3.63) is 77.7 Å². The van der Waals surface area contributed by atoms with Gasteiger partial charge in [0.05, 0.1) is 31.1 Å². The summed E-state index contributed by atoms with van der Waals surface area (Å²) in [6.07, 6.45) is 4.17. The van der Waals surface area contributed by atoms with Crippen LogP contribution in [0.3, 0.4) is 0 Å². The third kappa shape index (κ3) is 6.66. The van der Waals surface area contributed by atoms with E-state index in [0.29, 0.717) is 25.8 Å². The van der Waals surface area contributed by atoms with E-state index in [2.05, 4.69) is 61.6 Å². The summed E-state index contributed by atoms with van der Waals surface area (Å²) in [5, 5.41) is 3.44. The topological polar surface area (TPSA) is 74.8 Å². The molecule has 0 radical (unpaired) electrons. The molecule has 1 aliphatic rings. The minimum absolute atomic E-state index is 0.317. The van der Waals surface area contributed by atoms with E-state index in [4.69, 9.17) is 9.47 Å². The molecular formula is C26H33N5O2. The fraction of sp³-hybridized carbons (Fsp3) is 0.385. The number of benzene rings is 2. The van der Waals surface area contributed by atoms with Crippen molar-refractivity contribution >= 4 is 5.96 Å². The Labute approximate surface area is 195 Å². The van der Waals surface area contributed by atoms with E-state index in [9.17, 15) is 0 Å². The highest BCUT2D eigenvalue weighted by Gasteiger charge is 2.14. The van der Waals surface area contributed by atoms with Crippen LogP contribution in [0.2, 0.25) is 0 Å². The fourth-order valence-corrected chi connectivity index (χ4v) is 3.88. The number of nitrogens with zero attached hydrogens (tertiary/aromatic N) is 3. The van der Waals surface area contributed by atoms with Crippen molar-refractivity contribution in [3.8, 4) is 11.3 Å². The average Bonchev–Trinajstić information content (AvgIpc) is 3.33. The summed E-state index contributed by atoms with van der Waals surface area (Å²) in [6.45, 7) is 3.59. The van der Waals surface area contributed by atoms with E-state index >= 15 is 0 Å². The quantitative estimate of drug-likeness (QED) is 0.404. The van der Waals surface area contributed by atoms with Crippen molar-refractivity contribution in [2.75, 3.05) is 27.3 Å². The van der Waals surface area contributed by atoms with Gasteiger partial charge in [0.25, 0.3) is 0 Å². The molecule has 1 aliphatic heterocycles. The summed E-state index contributed by atoms with van der Waals surface area (Å²) >= 11 is 0. The Kier molecular flexibility index (Phi) is 8.11. The van der Waals surface area contributed by atoms with Gasteiger partial charge in [0, 0.05) is 33.9 Å². The zero-order chi connectivity index (χ0) is 22.9. The third-order valence-corrected chi connectivity index (χ3v) is 5.80. The molecule has 1 fully saturated rings. The fourth-order valence-electron chi connectivity index (χ4n) is 3.88. The number of aliphatic imine (C=N–C) groups is 1. The second kappa shape index (κ2) is 11.6. The second-order valence-corrected chi connectivity index (χ2v) is 8.31. The molecule has 0 aliphatic carbocycles. The zero-order valence-electron chi connectivity index (χ0n) is 19.5. The largest absolute Gasteiger partial charge is 0.381 e. The van der Waals surface area contributed by atoms with Gasteiger partial charge in [-0.1, -0.05) is 54.6 Å². The maximum atomic E-state index is 6.01. The van der Waals surface area contributed by atoms with Crippen molar-refractivity contribution in [2.45, 2.75) is 38.6 Å². The highest BCUT2D eigenvalue weighted by molar-refractivity contribution is 5.79. The summed E-state index contributed by atoms with van der Waals surface area (Å²) in [5.74, 6) is 1.72. The molecule has 3 aromatic rings. The predicted molar refractivity (Wildman–Crippen MR) is 131 cm³/mol. The van der Waals surface area contributed by atoms with Gasteiger partial charge in [0.2, 0.25) is 0 Å². The molecule has 0 bridgehead atoms. The molecular weight excluding hydrogens is 414 g/mol. The van der Waals surface area contributed by atoms with E-state index in [-0.39, 0.29) is 0 Å². The molecule has 2 aromatic carbocycles. The Morgan fingerprint density at radius 1 is 1.12 bits per heavy atom. The van der Waals surface area contributed by atoms with E-state index in [0.717, 1.165) is 49.1 Å². The lowest BCUT2D eigenvalue weighted by Crippen LogP contribution is -2.38. The molecule has 0 atom stereocenters. The smallest absolute Gasteiger partial charge is 0.194 e. The van der Waals surface area contributed by atoms with Crippen LogP contribution in [-0.2, 0) is 29.2 Å². The maximum absolute atomic E-state index is 6.01. The number of hydrogen-bond donors (Lipinski definition) is 2. The first-order valence-electron chi connectivity index (χ1n) is 11.5. The summed E-state index contributed by atoms with van der Waals surface area (Å²) in [6, 6.07) is 18.8. The van der Waals surface area contributed by atoms with Crippen LogP contribution in [0.1, 0.15) is 29.8 Å². The Bertz CT molecular complexity index is 1010. The molecule has 33 heavy (non-hydrogen) atoms. The molecule has 2 N–H and O–H groups in total. The number of H-pyrrole nitrogens is 1. The average molecular weight is 448 g/mol. The number of aromatic nitrogens is 2. The van der Waals surface area contributed by atoms with E-state index < -0.39 is 0 Å². The number of ether oxygens (including phenoxy) is 2. The van der Waals surface area contributed by atoms with E-state index in [1.165, 1.54) is 11.1 Å². The number of nitrogens with one attached hydrogen (secondary N) is 2. The summed E-state index contributed by atoms with van der Waals surface area (Å²) in [7, 11) is 3.81. The van der Waals surface area contributed by atoms with Gasteiger partial charge in [-0.25, -0.2) is 4.98 Å². The number of imidazole rings is 1. The molecule has 0 spiro atoms. The van der Waals surface area contributed by atoms with Crippen LogP contribution in [-0.4, -0.2) is 54.2 Å². The first kappa shape index (κ1) is 23.0.